The quantitative estimate of drug-likeness (QED) is 0.603. The zero-order chi connectivity index (χ0) is 21.7. The van der Waals surface area contributed by atoms with Gasteiger partial charge in [0.05, 0.1) is 5.69 Å². The number of aliphatic hydroxyl groups excluding tert-OH is 1. The van der Waals surface area contributed by atoms with E-state index >= 15 is 0 Å². The van der Waals surface area contributed by atoms with Gasteiger partial charge in [-0.3, -0.25) is 4.79 Å². The molecular weight excluding hydrogens is 401 g/mol. The molecule has 0 saturated heterocycles. The van der Waals surface area contributed by atoms with E-state index in [0.29, 0.717) is 29.0 Å². The summed E-state index contributed by atoms with van der Waals surface area (Å²) in [6, 6.07) is 15.0. The van der Waals surface area contributed by atoms with Gasteiger partial charge >= 0.3 is 6.36 Å². The number of carbonyl (C=O) groups is 1. The van der Waals surface area contributed by atoms with Crippen molar-refractivity contribution >= 4 is 5.91 Å². The van der Waals surface area contributed by atoms with Gasteiger partial charge in [-0.05, 0) is 60.5 Å². The van der Waals surface area contributed by atoms with E-state index in [1.54, 1.807) is 30.3 Å². The van der Waals surface area contributed by atoms with Gasteiger partial charge in [0.25, 0.3) is 5.91 Å². The molecule has 9 heteroatoms. The number of amides is 1. The minimum absolute atomic E-state index is 0.0813. The van der Waals surface area contributed by atoms with E-state index in [0.717, 1.165) is 6.07 Å². The van der Waals surface area contributed by atoms with Crippen molar-refractivity contribution in [2.45, 2.75) is 12.8 Å². The smallest absolute Gasteiger partial charge is 0.457 e. The summed E-state index contributed by atoms with van der Waals surface area (Å²) in [4.78, 5) is 15.7. The fourth-order valence-corrected chi connectivity index (χ4v) is 2.70. The molecule has 3 rings (SSSR count). The molecule has 1 aromatic heterocycles. The summed E-state index contributed by atoms with van der Waals surface area (Å²) in [5.41, 5.74) is 7.26. The van der Waals surface area contributed by atoms with Crippen molar-refractivity contribution in [1.29, 1.82) is 0 Å². The summed E-state index contributed by atoms with van der Waals surface area (Å²) in [7, 11) is 0. The summed E-state index contributed by atoms with van der Waals surface area (Å²) in [6.45, 7) is -0.0917. The fraction of sp³-hybridized carbons (Fsp3) is 0.143. The molecule has 0 radical (unpaired) electrons. The molecule has 0 bridgehead atoms. The van der Waals surface area contributed by atoms with Crippen molar-refractivity contribution in [3.8, 4) is 28.5 Å². The first-order valence-corrected chi connectivity index (χ1v) is 8.79. The van der Waals surface area contributed by atoms with Crippen LogP contribution in [-0.2, 0) is 6.42 Å². The van der Waals surface area contributed by atoms with Crippen LogP contribution in [0.2, 0.25) is 0 Å². The van der Waals surface area contributed by atoms with Crippen LogP contribution in [0.1, 0.15) is 16.1 Å². The number of hydrogen-bond donors (Lipinski definition) is 2. The predicted octanol–water partition coefficient (Wildman–Crippen LogP) is 4.07. The molecule has 30 heavy (non-hydrogen) atoms. The Hall–Kier alpha value is -3.59. The molecule has 0 saturated carbocycles. The molecule has 3 aromatic rings. The third-order valence-electron chi connectivity index (χ3n) is 3.96. The van der Waals surface area contributed by atoms with Crippen molar-refractivity contribution in [1.82, 2.24) is 4.98 Å². The number of carbonyl (C=O) groups excluding carboxylic acids is 1. The molecule has 2 aromatic carbocycles. The number of benzene rings is 2. The number of aromatic nitrogens is 1. The summed E-state index contributed by atoms with van der Waals surface area (Å²) >= 11 is 0. The normalized spacial score (nSPS) is 11.2. The Balaban J connectivity index is 1.80. The minimum atomic E-state index is -4.79. The van der Waals surface area contributed by atoms with Crippen LogP contribution in [0, 0.1) is 0 Å². The van der Waals surface area contributed by atoms with Gasteiger partial charge in [-0.1, -0.05) is 6.07 Å². The van der Waals surface area contributed by atoms with Crippen LogP contribution in [0.5, 0.6) is 17.2 Å². The van der Waals surface area contributed by atoms with Crippen molar-refractivity contribution in [3.05, 3.63) is 71.9 Å². The van der Waals surface area contributed by atoms with Crippen LogP contribution in [-0.4, -0.2) is 29.0 Å². The Morgan fingerprint density at radius 3 is 2.33 bits per heavy atom. The topological polar surface area (TPSA) is 94.7 Å². The van der Waals surface area contributed by atoms with Crippen LogP contribution in [0.3, 0.4) is 0 Å². The van der Waals surface area contributed by atoms with E-state index in [2.05, 4.69) is 9.72 Å². The maximum Gasteiger partial charge on any atom is 0.573 e. The fourth-order valence-electron chi connectivity index (χ4n) is 2.70. The Bertz CT molecular complexity index is 1040. The van der Waals surface area contributed by atoms with E-state index in [1.165, 1.54) is 24.3 Å². The van der Waals surface area contributed by atoms with Gasteiger partial charge in [0, 0.05) is 18.2 Å². The van der Waals surface area contributed by atoms with Crippen LogP contribution in [0.15, 0.2) is 60.7 Å². The van der Waals surface area contributed by atoms with Crippen LogP contribution >= 0.6 is 0 Å². The van der Waals surface area contributed by atoms with Crippen LogP contribution < -0.4 is 15.2 Å². The zero-order valence-corrected chi connectivity index (χ0v) is 15.5. The summed E-state index contributed by atoms with van der Waals surface area (Å²) in [6.07, 6.45) is -4.45. The first-order valence-electron chi connectivity index (χ1n) is 8.79. The third kappa shape index (κ3) is 5.71. The molecule has 0 aliphatic heterocycles. The lowest BCUT2D eigenvalue weighted by atomic mass is 10.1. The highest BCUT2D eigenvalue weighted by Crippen LogP contribution is 2.30. The second-order valence-corrected chi connectivity index (χ2v) is 6.23. The van der Waals surface area contributed by atoms with Crippen molar-refractivity contribution in [3.63, 3.8) is 0 Å². The average Bonchev–Trinajstić information content (AvgIpc) is 2.67. The summed E-state index contributed by atoms with van der Waals surface area (Å²) < 4.78 is 46.5. The number of hydrogen-bond acceptors (Lipinski definition) is 5. The molecule has 0 atom stereocenters. The Kier molecular flexibility index (Phi) is 6.22. The Morgan fingerprint density at radius 1 is 1.00 bits per heavy atom. The highest BCUT2D eigenvalue weighted by Gasteiger charge is 2.31. The van der Waals surface area contributed by atoms with E-state index in [1.807, 2.05) is 0 Å². The van der Waals surface area contributed by atoms with Crippen molar-refractivity contribution in [2.24, 2.45) is 5.73 Å². The van der Waals surface area contributed by atoms with Crippen molar-refractivity contribution in [2.75, 3.05) is 6.61 Å². The van der Waals surface area contributed by atoms with E-state index in [4.69, 9.17) is 15.6 Å². The first-order chi connectivity index (χ1) is 14.2. The predicted molar refractivity (Wildman–Crippen MR) is 102 cm³/mol. The number of aliphatic hydroxyl groups is 1. The lowest BCUT2D eigenvalue weighted by Crippen LogP contribution is -2.16. The number of primary amides is 1. The molecule has 0 unspecified atom stereocenters. The van der Waals surface area contributed by atoms with Gasteiger partial charge in [-0.15, -0.1) is 13.2 Å². The largest absolute Gasteiger partial charge is 0.573 e. The molecule has 0 fully saturated rings. The first kappa shape index (κ1) is 21.1. The monoisotopic (exact) mass is 418 g/mol. The number of pyridine rings is 1. The second kappa shape index (κ2) is 8.83. The lowest BCUT2D eigenvalue weighted by molar-refractivity contribution is -0.274. The van der Waals surface area contributed by atoms with Gasteiger partial charge in [0.2, 0.25) is 0 Å². The minimum Gasteiger partial charge on any atom is -0.457 e. The van der Waals surface area contributed by atoms with Gasteiger partial charge in [0.15, 0.2) is 0 Å². The molecule has 3 N–H and O–H groups in total. The van der Waals surface area contributed by atoms with Gasteiger partial charge in [0.1, 0.15) is 22.9 Å². The van der Waals surface area contributed by atoms with Crippen LogP contribution in [0.25, 0.3) is 11.3 Å². The zero-order valence-electron chi connectivity index (χ0n) is 15.5. The van der Waals surface area contributed by atoms with Gasteiger partial charge in [-0.25, -0.2) is 4.98 Å². The maximum absolute atomic E-state index is 12.3. The van der Waals surface area contributed by atoms with E-state index in [-0.39, 0.29) is 23.8 Å². The lowest BCUT2D eigenvalue weighted by Gasteiger charge is -2.11. The highest BCUT2D eigenvalue weighted by molar-refractivity contribution is 5.91. The van der Waals surface area contributed by atoms with Gasteiger partial charge in [-0.2, -0.15) is 0 Å². The molecule has 0 aliphatic rings. The van der Waals surface area contributed by atoms with Gasteiger partial charge < -0.3 is 20.3 Å². The Labute approximate surface area is 169 Å². The molecular formula is C21H17F3N2O4. The molecule has 0 spiro atoms. The molecule has 1 amide bonds. The van der Waals surface area contributed by atoms with Crippen LogP contribution in [0.4, 0.5) is 13.2 Å². The number of alkyl halides is 3. The Morgan fingerprint density at radius 2 is 1.70 bits per heavy atom. The number of nitrogens with zero attached hydrogens (tertiary/aromatic N) is 1. The summed E-state index contributed by atoms with van der Waals surface area (Å²) in [5.74, 6) is -0.523. The van der Waals surface area contributed by atoms with E-state index in [9.17, 15) is 18.0 Å². The van der Waals surface area contributed by atoms with E-state index < -0.39 is 12.3 Å². The standard InChI is InChI=1S/C21H17F3N2O4/c22-21(23,24)30-17-3-1-2-16(12-17)29-15-6-4-14(5-7-15)18-10-13(8-9-27)11-19(26-18)20(25)28/h1-7,10-12,27H,8-9H2,(H2,25,28). The maximum atomic E-state index is 12.3. The van der Waals surface area contributed by atoms with Crippen molar-refractivity contribution < 1.29 is 32.5 Å². The second-order valence-electron chi connectivity index (χ2n) is 6.23. The molecule has 6 nitrogen and oxygen atoms in total. The molecule has 1 heterocycles. The number of ether oxygens (including phenoxy) is 2. The number of rotatable bonds is 7. The molecule has 0 aliphatic carbocycles. The SMILES string of the molecule is NC(=O)c1cc(CCO)cc(-c2ccc(Oc3cccc(OC(F)(F)F)c3)cc2)n1. The molecule has 156 valence electrons. The number of nitrogens with two attached hydrogens (primary N) is 1. The third-order valence-corrected chi connectivity index (χ3v) is 3.96. The highest BCUT2D eigenvalue weighted by atomic mass is 19.4. The average molecular weight is 418 g/mol. The summed E-state index contributed by atoms with van der Waals surface area (Å²) in [5, 5.41) is 9.14. The number of halogens is 3.